The molecule has 0 aliphatic carbocycles. The number of pyridine rings is 1. The van der Waals surface area contributed by atoms with Crippen LogP contribution in [0, 0.1) is 0 Å². The van der Waals surface area contributed by atoms with Gasteiger partial charge in [-0.05, 0) is 19.1 Å². The molecule has 0 atom stereocenters. The van der Waals surface area contributed by atoms with Crippen LogP contribution in [-0.2, 0) is 4.74 Å². The molecular formula is C12H17N3O2. The van der Waals surface area contributed by atoms with Gasteiger partial charge in [-0.25, -0.2) is 4.98 Å². The topological polar surface area (TPSA) is 77.2 Å². The van der Waals surface area contributed by atoms with Crippen LogP contribution in [0.15, 0.2) is 30.5 Å². The number of carbonyl (C=O) groups excluding carboxylic acids is 1. The molecular weight excluding hydrogens is 218 g/mol. The van der Waals surface area contributed by atoms with E-state index in [1.54, 1.807) is 12.1 Å². The molecule has 0 unspecified atom stereocenters. The lowest BCUT2D eigenvalue weighted by molar-refractivity contribution is 0.0922. The molecule has 1 aromatic heterocycles. The summed E-state index contributed by atoms with van der Waals surface area (Å²) in [7, 11) is 0. The molecule has 3 N–H and O–H groups in total. The van der Waals surface area contributed by atoms with Crippen molar-refractivity contribution in [3.63, 3.8) is 0 Å². The number of aromatic nitrogens is 1. The summed E-state index contributed by atoms with van der Waals surface area (Å²) in [5.74, 6) is -0.232. The maximum absolute atomic E-state index is 11.6. The maximum Gasteiger partial charge on any atom is 0.269 e. The predicted octanol–water partition coefficient (Wildman–Crippen LogP) is 0.986. The zero-order chi connectivity index (χ0) is 12.7. The zero-order valence-corrected chi connectivity index (χ0v) is 9.90. The van der Waals surface area contributed by atoms with Crippen molar-refractivity contribution in [2.24, 2.45) is 0 Å². The minimum Gasteiger partial charge on any atom is -0.397 e. The van der Waals surface area contributed by atoms with Gasteiger partial charge in [-0.1, -0.05) is 12.2 Å². The van der Waals surface area contributed by atoms with Gasteiger partial charge < -0.3 is 15.8 Å². The van der Waals surface area contributed by atoms with Gasteiger partial charge in [0.2, 0.25) is 0 Å². The van der Waals surface area contributed by atoms with Gasteiger partial charge in [-0.2, -0.15) is 0 Å². The molecule has 0 aromatic carbocycles. The number of nitrogen functional groups attached to an aromatic ring is 1. The Kier molecular flexibility index (Phi) is 5.16. The molecule has 5 nitrogen and oxygen atoms in total. The Morgan fingerprint density at radius 1 is 1.59 bits per heavy atom. The third kappa shape index (κ3) is 5.12. The van der Waals surface area contributed by atoms with Gasteiger partial charge in [0.15, 0.2) is 0 Å². The number of carbonyl (C=O) groups is 1. The molecule has 0 aliphatic rings. The molecule has 17 heavy (non-hydrogen) atoms. The summed E-state index contributed by atoms with van der Waals surface area (Å²) in [5.41, 5.74) is 7.31. The van der Waals surface area contributed by atoms with Crippen LogP contribution >= 0.6 is 0 Å². The average Bonchev–Trinajstić information content (AvgIpc) is 2.29. The highest BCUT2D eigenvalue weighted by atomic mass is 16.5. The van der Waals surface area contributed by atoms with Gasteiger partial charge in [-0.3, -0.25) is 4.79 Å². The minimum atomic E-state index is -0.232. The third-order valence-electron chi connectivity index (χ3n) is 1.90. The van der Waals surface area contributed by atoms with E-state index in [0.29, 0.717) is 31.1 Å². The van der Waals surface area contributed by atoms with Gasteiger partial charge in [-0.15, -0.1) is 0 Å². The van der Waals surface area contributed by atoms with Crippen molar-refractivity contribution in [2.45, 2.75) is 6.92 Å². The van der Waals surface area contributed by atoms with Crippen LogP contribution in [0.3, 0.4) is 0 Å². The molecule has 0 radical (unpaired) electrons. The number of anilines is 1. The molecule has 92 valence electrons. The van der Waals surface area contributed by atoms with Crippen LogP contribution in [0.4, 0.5) is 5.69 Å². The van der Waals surface area contributed by atoms with E-state index in [0.717, 1.165) is 5.57 Å². The van der Waals surface area contributed by atoms with Crippen LogP contribution in [0.2, 0.25) is 0 Å². The first-order valence-electron chi connectivity index (χ1n) is 5.31. The van der Waals surface area contributed by atoms with Crippen molar-refractivity contribution in [3.05, 3.63) is 36.2 Å². The van der Waals surface area contributed by atoms with Gasteiger partial charge in [0, 0.05) is 6.54 Å². The van der Waals surface area contributed by atoms with Crippen LogP contribution in [0.5, 0.6) is 0 Å². The van der Waals surface area contributed by atoms with E-state index in [2.05, 4.69) is 16.9 Å². The number of nitrogens with two attached hydrogens (primary N) is 1. The number of nitrogens with zero attached hydrogens (tertiary/aromatic N) is 1. The summed E-state index contributed by atoms with van der Waals surface area (Å²) in [6, 6.07) is 3.22. The first-order valence-corrected chi connectivity index (χ1v) is 5.31. The second-order valence-electron chi connectivity index (χ2n) is 3.74. The van der Waals surface area contributed by atoms with Gasteiger partial charge >= 0.3 is 0 Å². The number of amides is 1. The number of hydrogen-bond donors (Lipinski definition) is 2. The Morgan fingerprint density at radius 2 is 2.35 bits per heavy atom. The van der Waals surface area contributed by atoms with Crippen LogP contribution in [0.25, 0.3) is 0 Å². The first kappa shape index (κ1) is 13.2. The summed E-state index contributed by atoms with van der Waals surface area (Å²) in [5, 5.41) is 2.70. The van der Waals surface area contributed by atoms with E-state index < -0.39 is 0 Å². The quantitative estimate of drug-likeness (QED) is 0.569. The highest BCUT2D eigenvalue weighted by molar-refractivity contribution is 5.92. The fraction of sp³-hybridized carbons (Fsp3) is 0.333. The molecule has 0 saturated carbocycles. The summed E-state index contributed by atoms with van der Waals surface area (Å²) < 4.78 is 5.25. The highest BCUT2D eigenvalue weighted by Gasteiger charge is 2.05. The number of hydrogen-bond acceptors (Lipinski definition) is 4. The average molecular weight is 235 g/mol. The molecule has 0 aliphatic heterocycles. The first-order chi connectivity index (χ1) is 8.09. The number of ether oxygens (including phenoxy) is 1. The van der Waals surface area contributed by atoms with E-state index >= 15 is 0 Å². The molecule has 5 heteroatoms. The number of nitrogens with one attached hydrogen (secondary N) is 1. The van der Waals surface area contributed by atoms with E-state index in [1.165, 1.54) is 6.20 Å². The lowest BCUT2D eigenvalue weighted by Gasteiger charge is -2.06. The van der Waals surface area contributed by atoms with Crippen LogP contribution in [-0.4, -0.2) is 30.6 Å². The van der Waals surface area contributed by atoms with Gasteiger partial charge in [0.05, 0.1) is 25.1 Å². The Hall–Kier alpha value is -1.88. The van der Waals surface area contributed by atoms with Crippen molar-refractivity contribution in [3.8, 4) is 0 Å². The Morgan fingerprint density at radius 3 is 2.94 bits per heavy atom. The highest BCUT2D eigenvalue weighted by Crippen LogP contribution is 2.00. The summed E-state index contributed by atoms with van der Waals surface area (Å²) in [6.45, 7) is 7.00. The molecule has 0 bridgehead atoms. The molecule has 0 spiro atoms. The third-order valence-corrected chi connectivity index (χ3v) is 1.90. The van der Waals surface area contributed by atoms with Gasteiger partial charge in [0.1, 0.15) is 5.69 Å². The largest absolute Gasteiger partial charge is 0.397 e. The fourth-order valence-electron chi connectivity index (χ4n) is 1.11. The Balaban J connectivity index is 2.25. The minimum absolute atomic E-state index is 0.232. The standard InChI is InChI=1S/C12H17N3O2/c1-9(2)8-17-6-5-14-12(16)11-4-3-10(13)7-15-11/h3-4,7H,1,5-6,8,13H2,2H3,(H,14,16). The van der Waals surface area contributed by atoms with Crippen LogP contribution in [0.1, 0.15) is 17.4 Å². The van der Waals surface area contributed by atoms with Crippen molar-refractivity contribution in [2.75, 3.05) is 25.5 Å². The number of rotatable bonds is 6. The van der Waals surface area contributed by atoms with Gasteiger partial charge in [0.25, 0.3) is 5.91 Å². The molecule has 0 fully saturated rings. The van der Waals surface area contributed by atoms with Crippen molar-refractivity contribution < 1.29 is 9.53 Å². The van der Waals surface area contributed by atoms with Crippen molar-refractivity contribution in [1.29, 1.82) is 0 Å². The molecule has 1 rings (SSSR count). The van der Waals surface area contributed by atoms with Crippen molar-refractivity contribution in [1.82, 2.24) is 10.3 Å². The second-order valence-corrected chi connectivity index (χ2v) is 3.74. The SMILES string of the molecule is C=C(C)COCCNC(=O)c1ccc(N)cn1. The summed E-state index contributed by atoms with van der Waals surface area (Å²) in [6.07, 6.45) is 1.45. The van der Waals surface area contributed by atoms with E-state index in [-0.39, 0.29) is 5.91 Å². The predicted molar refractivity (Wildman–Crippen MR) is 66.6 cm³/mol. The lowest BCUT2D eigenvalue weighted by atomic mass is 10.3. The monoisotopic (exact) mass is 235 g/mol. The molecule has 1 amide bonds. The van der Waals surface area contributed by atoms with E-state index in [1.807, 2.05) is 6.92 Å². The molecule has 0 saturated heterocycles. The van der Waals surface area contributed by atoms with E-state index in [4.69, 9.17) is 10.5 Å². The van der Waals surface area contributed by atoms with Crippen LogP contribution < -0.4 is 11.1 Å². The Bertz CT molecular complexity index is 387. The summed E-state index contributed by atoms with van der Waals surface area (Å²) in [4.78, 5) is 15.5. The Labute approximate surface area is 101 Å². The fourth-order valence-corrected chi connectivity index (χ4v) is 1.11. The maximum atomic E-state index is 11.6. The molecule has 1 aromatic rings. The summed E-state index contributed by atoms with van der Waals surface area (Å²) >= 11 is 0. The normalized spacial score (nSPS) is 9.94. The van der Waals surface area contributed by atoms with Crippen molar-refractivity contribution >= 4 is 11.6 Å². The zero-order valence-electron chi connectivity index (χ0n) is 9.90. The molecule has 1 heterocycles. The lowest BCUT2D eigenvalue weighted by Crippen LogP contribution is -2.28. The second kappa shape index (κ2) is 6.65. The smallest absolute Gasteiger partial charge is 0.269 e. The van der Waals surface area contributed by atoms with E-state index in [9.17, 15) is 4.79 Å².